The zero-order valence-electron chi connectivity index (χ0n) is 11.6. The van der Waals surface area contributed by atoms with Crippen molar-refractivity contribution < 1.29 is 9.84 Å². The van der Waals surface area contributed by atoms with Crippen molar-refractivity contribution in [2.24, 2.45) is 5.92 Å². The third-order valence-electron chi connectivity index (χ3n) is 3.44. The molecule has 1 N–H and O–H groups in total. The third-order valence-corrected chi connectivity index (χ3v) is 3.44. The molecule has 3 heteroatoms. The molecule has 98 valence electrons. The molecule has 0 spiro atoms. The van der Waals surface area contributed by atoms with Crippen molar-refractivity contribution in [1.82, 2.24) is 4.90 Å². The summed E-state index contributed by atoms with van der Waals surface area (Å²) in [5.74, 6) is 0.711. The summed E-state index contributed by atoms with van der Waals surface area (Å²) >= 11 is 0. The van der Waals surface area contributed by atoms with Crippen LogP contribution in [0.5, 0.6) is 0 Å². The van der Waals surface area contributed by atoms with Crippen LogP contribution in [-0.2, 0) is 4.74 Å². The number of nitrogens with zero attached hydrogens (tertiary/aromatic N) is 1. The first kappa shape index (κ1) is 15.9. The van der Waals surface area contributed by atoms with Gasteiger partial charge in [0.1, 0.15) is 0 Å². The summed E-state index contributed by atoms with van der Waals surface area (Å²) in [5.41, 5.74) is -0.152. The van der Waals surface area contributed by atoms with Gasteiger partial charge in [0, 0.05) is 25.7 Å². The van der Waals surface area contributed by atoms with E-state index >= 15 is 0 Å². The molecule has 3 nitrogen and oxygen atoms in total. The van der Waals surface area contributed by atoms with Gasteiger partial charge in [-0.3, -0.25) is 4.90 Å². The van der Waals surface area contributed by atoms with Crippen molar-refractivity contribution in [3.63, 3.8) is 0 Å². The Kier molecular flexibility index (Phi) is 7.98. The second kappa shape index (κ2) is 8.04. The summed E-state index contributed by atoms with van der Waals surface area (Å²) in [6.45, 7) is 11.5. The van der Waals surface area contributed by atoms with Crippen molar-refractivity contribution >= 4 is 0 Å². The molecule has 0 bridgehead atoms. The Bertz CT molecular complexity index is 167. The van der Waals surface area contributed by atoms with Gasteiger partial charge in [-0.25, -0.2) is 0 Å². The molecule has 0 radical (unpaired) electrons. The maximum Gasteiger partial charge on any atom is 0.0610 e. The quantitative estimate of drug-likeness (QED) is 0.660. The SMILES string of the molecule is CCC(CC)CN(CCOC)C(C)(C)CO. The highest BCUT2D eigenvalue weighted by atomic mass is 16.5. The van der Waals surface area contributed by atoms with Crippen LogP contribution >= 0.6 is 0 Å². The lowest BCUT2D eigenvalue weighted by Gasteiger charge is -2.39. The van der Waals surface area contributed by atoms with E-state index in [2.05, 4.69) is 32.6 Å². The summed E-state index contributed by atoms with van der Waals surface area (Å²) < 4.78 is 5.14. The highest BCUT2D eigenvalue weighted by Gasteiger charge is 2.26. The van der Waals surface area contributed by atoms with Gasteiger partial charge in [0.25, 0.3) is 0 Å². The molecule has 0 unspecified atom stereocenters. The maximum atomic E-state index is 9.44. The van der Waals surface area contributed by atoms with E-state index in [1.54, 1.807) is 7.11 Å². The number of aliphatic hydroxyl groups excluding tert-OH is 1. The van der Waals surface area contributed by atoms with Crippen LogP contribution in [0.1, 0.15) is 40.5 Å². The second-order valence-corrected chi connectivity index (χ2v) is 5.09. The van der Waals surface area contributed by atoms with Crippen molar-refractivity contribution in [3.8, 4) is 0 Å². The molecule has 0 heterocycles. The first-order valence-electron chi connectivity index (χ1n) is 6.36. The fourth-order valence-electron chi connectivity index (χ4n) is 1.80. The molecule has 0 aromatic heterocycles. The number of hydrogen-bond donors (Lipinski definition) is 1. The van der Waals surface area contributed by atoms with Crippen LogP contribution in [0, 0.1) is 5.92 Å². The van der Waals surface area contributed by atoms with Crippen molar-refractivity contribution in [3.05, 3.63) is 0 Å². The van der Waals surface area contributed by atoms with Crippen LogP contribution in [0.15, 0.2) is 0 Å². The van der Waals surface area contributed by atoms with Gasteiger partial charge >= 0.3 is 0 Å². The number of hydrogen-bond acceptors (Lipinski definition) is 3. The predicted molar refractivity (Wildman–Crippen MR) is 68.7 cm³/mol. The second-order valence-electron chi connectivity index (χ2n) is 5.09. The zero-order valence-corrected chi connectivity index (χ0v) is 11.6. The summed E-state index contributed by atoms with van der Waals surface area (Å²) in [5, 5.41) is 9.44. The lowest BCUT2D eigenvalue weighted by atomic mass is 9.98. The molecule has 0 saturated carbocycles. The van der Waals surface area contributed by atoms with Gasteiger partial charge in [-0.15, -0.1) is 0 Å². The normalized spacial score (nSPS) is 12.8. The molecule has 0 aliphatic carbocycles. The standard InChI is InChI=1S/C13H29NO2/c1-6-12(7-2)10-14(8-9-16-5)13(3,4)11-15/h12,15H,6-11H2,1-5H3. The summed E-state index contributed by atoms with van der Waals surface area (Å²) in [4.78, 5) is 2.34. The average Bonchev–Trinajstić information content (AvgIpc) is 2.29. The molecule has 16 heavy (non-hydrogen) atoms. The Balaban J connectivity index is 4.41. The van der Waals surface area contributed by atoms with Crippen LogP contribution in [0.2, 0.25) is 0 Å². The number of aliphatic hydroxyl groups is 1. The molecule has 0 aromatic rings. The van der Waals surface area contributed by atoms with Gasteiger partial charge in [0.05, 0.1) is 13.2 Å². The van der Waals surface area contributed by atoms with Crippen LogP contribution in [0.3, 0.4) is 0 Å². The summed E-state index contributed by atoms with van der Waals surface area (Å²) in [6.07, 6.45) is 2.39. The Morgan fingerprint density at radius 1 is 1.25 bits per heavy atom. The first-order valence-corrected chi connectivity index (χ1v) is 6.36. The summed E-state index contributed by atoms with van der Waals surface area (Å²) in [6, 6.07) is 0. The van der Waals surface area contributed by atoms with Crippen molar-refractivity contribution in [1.29, 1.82) is 0 Å². The number of methoxy groups -OCH3 is 1. The van der Waals surface area contributed by atoms with E-state index in [0.29, 0.717) is 5.92 Å². The molecule has 0 rings (SSSR count). The van der Waals surface area contributed by atoms with Crippen molar-refractivity contribution in [2.75, 3.05) is 33.4 Å². The Morgan fingerprint density at radius 3 is 2.19 bits per heavy atom. The highest BCUT2D eigenvalue weighted by molar-refractivity contribution is 4.82. The number of ether oxygens (including phenoxy) is 1. The van der Waals surface area contributed by atoms with E-state index in [1.807, 2.05) is 0 Å². The van der Waals surface area contributed by atoms with E-state index < -0.39 is 0 Å². The van der Waals surface area contributed by atoms with E-state index in [9.17, 15) is 5.11 Å². The fraction of sp³-hybridized carbons (Fsp3) is 1.00. The molecule has 0 fully saturated rings. The largest absolute Gasteiger partial charge is 0.394 e. The monoisotopic (exact) mass is 231 g/mol. The Labute approximate surface area is 101 Å². The van der Waals surface area contributed by atoms with Crippen LogP contribution in [0.4, 0.5) is 0 Å². The minimum Gasteiger partial charge on any atom is -0.394 e. The first-order chi connectivity index (χ1) is 7.51. The fourth-order valence-corrected chi connectivity index (χ4v) is 1.80. The molecular weight excluding hydrogens is 202 g/mol. The van der Waals surface area contributed by atoms with Crippen LogP contribution < -0.4 is 0 Å². The molecule has 0 aromatic carbocycles. The third kappa shape index (κ3) is 5.28. The lowest BCUT2D eigenvalue weighted by Crippen LogP contribution is -2.50. The predicted octanol–water partition coefficient (Wildman–Crippen LogP) is 2.14. The molecule has 0 amide bonds. The van der Waals surface area contributed by atoms with Gasteiger partial charge in [-0.1, -0.05) is 26.7 Å². The average molecular weight is 231 g/mol. The van der Waals surface area contributed by atoms with Gasteiger partial charge < -0.3 is 9.84 Å². The van der Waals surface area contributed by atoms with Gasteiger partial charge in [-0.05, 0) is 19.8 Å². The Hall–Kier alpha value is -0.120. The van der Waals surface area contributed by atoms with Gasteiger partial charge in [0.15, 0.2) is 0 Å². The van der Waals surface area contributed by atoms with Gasteiger partial charge in [0.2, 0.25) is 0 Å². The maximum absolute atomic E-state index is 9.44. The Morgan fingerprint density at radius 2 is 1.81 bits per heavy atom. The summed E-state index contributed by atoms with van der Waals surface area (Å²) in [7, 11) is 1.72. The molecular formula is C13H29NO2. The minimum absolute atomic E-state index is 0.152. The van der Waals surface area contributed by atoms with E-state index in [4.69, 9.17) is 4.74 Å². The topological polar surface area (TPSA) is 32.7 Å². The van der Waals surface area contributed by atoms with Crippen molar-refractivity contribution in [2.45, 2.75) is 46.1 Å². The zero-order chi connectivity index (χ0) is 12.6. The highest BCUT2D eigenvalue weighted by Crippen LogP contribution is 2.18. The number of rotatable bonds is 9. The molecule has 0 aliphatic heterocycles. The molecule has 0 aliphatic rings. The molecule has 0 atom stereocenters. The van der Waals surface area contributed by atoms with Crippen LogP contribution in [0.25, 0.3) is 0 Å². The van der Waals surface area contributed by atoms with Crippen LogP contribution in [-0.4, -0.2) is 49.0 Å². The van der Waals surface area contributed by atoms with E-state index in [1.165, 1.54) is 12.8 Å². The van der Waals surface area contributed by atoms with E-state index in [-0.39, 0.29) is 12.1 Å². The minimum atomic E-state index is -0.152. The molecule has 0 saturated heterocycles. The van der Waals surface area contributed by atoms with E-state index in [0.717, 1.165) is 19.7 Å². The van der Waals surface area contributed by atoms with Gasteiger partial charge in [-0.2, -0.15) is 0 Å². The smallest absolute Gasteiger partial charge is 0.0610 e. The lowest BCUT2D eigenvalue weighted by molar-refractivity contribution is 0.0238.